The molecule has 0 aliphatic carbocycles. The van der Waals surface area contributed by atoms with Gasteiger partial charge in [0.1, 0.15) is 5.69 Å². The molecule has 0 bridgehead atoms. The summed E-state index contributed by atoms with van der Waals surface area (Å²) in [5.74, 6) is 0. The molecule has 8 heteroatoms. The summed E-state index contributed by atoms with van der Waals surface area (Å²) in [7, 11) is 0. The molecule has 2 aromatic carbocycles. The minimum Gasteiger partial charge on any atom is -0.350 e. The monoisotopic (exact) mass is 293 g/mol. The second-order valence-corrected chi connectivity index (χ2v) is 4.26. The lowest BCUT2D eigenvalue weighted by molar-refractivity contribution is -0.421. The number of anilines is 2. The first-order chi connectivity index (χ1) is 9.49. The van der Waals surface area contributed by atoms with Crippen LogP contribution in [0.5, 0.6) is 0 Å². The van der Waals surface area contributed by atoms with Crippen molar-refractivity contribution >= 4 is 34.4 Å². The average Bonchev–Trinajstić information content (AvgIpc) is 2.40. The number of benzene rings is 2. The van der Waals surface area contributed by atoms with E-state index in [1.165, 1.54) is 12.1 Å². The summed E-state index contributed by atoms with van der Waals surface area (Å²) in [6.07, 6.45) is 0. The largest absolute Gasteiger partial charge is 0.369 e. The van der Waals surface area contributed by atoms with E-state index in [1.807, 2.05) is 0 Å². The number of halogens is 1. The van der Waals surface area contributed by atoms with Gasteiger partial charge < -0.3 is 5.32 Å². The van der Waals surface area contributed by atoms with Crippen LogP contribution in [0.25, 0.3) is 0 Å². The normalized spacial score (nSPS) is 10.1. The van der Waals surface area contributed by atoms with E-state index in [1.54, 1.807) is 24.3 Å². The molecule has 0 saturated carbocycles. The third kappa shape index (κ3) is 2.83. The SMILES string of the molecule is O=[N+]([O-])c1cccc(Nc2ccc(Cl)cc2)c1[N+](=O)[O-]. The number of rotatable bonds is 4. The van der Waals surface area contributed by atoms with Crippen molar-refractivity contribution in [1.82, 2.24) is 0 Å². The van der Waals surface area contributed by atoms with E-state index in [0.29, 0.717) is 10.7 Å². The van der Waals surface area contributed by atoms with Crippen molar-refractivity contribution in [2.75, 3.05) is 5.32 Å². The summed E-state index contributed by atoms with van der Waals surface area (Å²) in [4.78, 5) is 20.3. The lowest BCUT2D eigenvalue weighted by atomic mass is 10.2. The Morgan fingerprint density at radius 1 is 0.950 bits per heavy atom. The summed E-state index contributed by atoms with van der Waals surface area (Å²) < 4.78 is 0. The highest BCUT2D eigenvalue weighted by atomic mass is 35.5. The number of nitro benzene ring substituents is 2. The van der Waals surface area contributed by atoms with Crippen molar-refractivity contribution in [2.45, 2.75) is 0 Å². The van der Waals surface area contributed by atoms with Gasteiger partial charge in [0.2, 0.25) is 0 Å². The van der Waals surface area contributed by atoms with Crippen molar-refractivity contribution in [1.29, 1.82) is 0 Å². The maximum atomic E-state index is 11.0. The van der Waals surface area contributed by atoms with Gasteiger partial charge in [-0.1, -0.05) is 17.7 Å². The van der Waals surface area contributed by atoms with E-state index < -0.39 is 21.2 Å². The van der Waals surface area contributed by atoms with E-state index >= 15 is 0 Å². The third-order valence-corrected chi connectivity index (χ3v) is 2.77. The van der Waals surface area contributed by atoms with E-state index in [4.69, 9.17) is 11.6 Å². The fourth-order valence-corrected chi connectivity index (χ4v) is 1.79. The van der Waals surface area contributed by atoms with Crippen LogP contribution in [-0.2, 0) is 0 Å². The van der Waals surface area contributed by atoms with Gasteiger partial charge in [-0.25, -0.2) is 0 Å². The molecule has 0 atom stereocenters. The van der Waals surface area contributed by atoms with Gasteiger partial charge in [-0.3, -0.25) is 20.2 Å². The summed E-state index contributed by atoms with van der Waals surface area (Å²) in [6.45, 7) is 0. The molecule has 20 heavy (non-hydrogen) atoms. The molecule has 7 nitrogen and oxygen atoms in total. The molecule has 0 radical (unpaired) electrons. The number of nitro groups is 2. The van der Waals surface area contributed by atoms with E-state index in [-0.39, 0.29) is 5.69 Å². The van der Waals surface area contributed by atoms with Crippen LogP contribution in [-0.4, -0.2) is 9.85 Å². The molecule has 0 fully saturated rings. The predicted molar refractivity (Wildman–Crippen MR) is 74.5 cm³/mol. The number of nitrogens with zero attached hydrogens (tertiary/aromatic N) is 2. The summed E-state index contributed by atoms with van der Waals surface area (Å²) in [5.41, 5.74) is -0.550. The van der Waals surface area contributed by atoms with Gasteiger partial charge >= 0.3 is 11.4 Å². The van der Waals surface area contributed by atoms with Crippen LogP contribution in [0.1, 0.15) is 0 Å². The van der Waals surface area contributed by atoms with Gasteiger partial charge in [0, 0.05) is 16.8 Å². The molecule has 0 unspecified atom stereocenters. The topological polar surface area (TPSA) is 98.3 Å². The van der Waals surface area contributed by atoms with Crippen molar-refractivity contribution in [3.63, 3.8) is 0 Å². The fourth-order valence-electron chi connectivity index (χ4n) is 1.66. The molecule has 0 aliphatic rings. The predicted octanol–water partition coefficient (Wildman–Crippen LogP) is 3.90. The van der Waals surface area contributed by atoms with Crippen LogP contribution in [0, 0.1) is 20.2 Å². The zero-order chi connectivity index (χ0) is 14.7. The van der Waals surface area contributed by atoms with Gasteiger partial charge in [-0.2, -0.15) is 0 Å². The van der Waals surface area contributed by atoms with Crippen LogP contribution in [0.3, 0.4) is 0 Å². The minimum atomic E-state index is -0.787. The van der Waals surface area contributed by atoms with Gasteiger partial charge in [-0.15, -0.1) is 0 Å². The first-order valence-electron chi connectivity index (χ1n) is 5.43. The number of hydrogen-bond donors (Lipinski definition) is 1. The Labute approximate surface area is 118 Å². The second kappa shape index (κ2) is 5.54. The van der Waals surface area contributed by atoms with Crippen molar-refractivity contribution in [3.05, 3.63) is 67.7 Å². The highest BCUT2D eigenvalue weighted by molar-refractivity contribution is 6.30. The molecular weight excluding hydrogens is 286 g/mol. The molecular formula is C12H8ClN3O4. The third-order valence-electron chi connectivity index (χ3n) is 2.52. The number of hydrogen-bond acceptors (Lipinski definition) is 5. The van der Waals surface area contributed by atoms with Crippen molar-refractivity contribution < 1.29 is 9.85 Å². The minimum absolute atomic E-state index is 0.0477. The molecule has 2 rings (SSSR count). The van der Waals surface area contributed by atoms with Crippen LogP contribution in [0.2, 0.25) is 5.02 Å². The molecule has 0 heterocycles. The van der Waals surface area contributed by atoms with Crippen LogP contribution < -0.4 is 5.32 Å². The summed E-state index contributed by atoms with van der Waals surface area (Å²) >= 11 is 5.74. The maximum Gasteiger partial charge on any atom is 0.369 e. The maximum absolute atomic E-state index is 11.0. The molecule has 0 amide bonds. The summed E-state index contributed by atoms with van der Waals surface area (Å²) in [6, 6.07) is 10.3. The highest BCUT2D eigenvalue weighted by Gasteiger charge is 2.28. The smallest absolute Gasteiger partial charge is 0.350 e. The van der Waals surface area contributed by atoms with Crippen LogP contribution >= 0.6 is 11.6 Å². The zero-order valence-electron chi connectivity index (χ0n) is 9.95. The molecule has 0 aliphatic heterocycles. The molecule has 0 aromatic heterocycles. The van der Waals surface area contributed by atoms with Crippen LogP contribution in [0.15, 0.2) is 42.5 Å². The van der Waals surface area contributed by atoms with E-state index in [2.05, 4.69) is 5.32 Å². The van der Waals surface area contributed by atoms with Gasteiger partial charge in [0.15, 0.2) is 0 Å². The molecule has 2 aromatic rings. The lowest BCUT2D eigenvalue weighted by Gasteiger charge is -2.07. The molecule has 0 saturated heterocycles. The van der Waals surface area contributed by atoms with Crippen LogP contribution in [0.4, 0.5) is 22.7 Å². The average molecular weight is 294 g/mol. The first-order valence-corrected chi connectivity index (χ1v) is 5.81. The Kier molecular flexibility index (Phi) is 3.81. The van der Waals surface area contributed by atoms with Gasteiger partial charge in [-0.05, 0) is 30.3 Å². The second-order valence-electron chi connectivity index (χ2n) is 3.82. The fraction of sp³-hybridized carbons (Fsp3) is 0. The Morgan fingerprint density at radius 2 is 1.60 bits per heavy atom. The number of para-hydroxylation sites is 1. The van der Waals surface area contributed by atoms with E-state index in [0.717, 1.165) is 6.07 Å². The lowest BCUT2D eigenvalue weighted by Crippen LogP contribution is -2.01. The Morgan fingerprint density at radius 3 is 2.15 bits per heavy atom. The Hall–Kier alpha value is -2.67. The Balaban J connectivity index is 2.46. The van der Waals surface area contributed by atoms with Gasteiger partial charge in [0.05, 0.1) is 9.85 Å². The van der Waals surface area contributed by atoms with E-state index in [9.17, 15) is 20.2 Å². The zero-order valence-corrected chi connectivity index (χ0v) is 10.7. The summed E-state index contributed by atoms with van der Waals surface area (Å²) in [5, 5.41) is 25.2. The van der Waals surface area contributed by atoms with Gasteiger partial charge in [0.25, 0.3) is 0 Å². The quantitative estimate of drug-likeness (QED) is 0.681. The highest BCUT2D eigenvalue weighted by Crippen LogP contribution is 2.36. The first kappa shape index (κ1) is 13.8. The molecule has 1 N–H and O–H groups in total. The molecule has 102 valence electrons. The Bertz CT molecular complexity index is 673. The molecule has 0 spiro atoms. The standard InChI is InChI=1S/C12H8ClN3O4/c13-8-4-6-9(7-5-8)14-10-2-1-3-11(15(17)18)12(10)16(19)20/h1-7,14H. The number of nitrogens with one attached hydrogen (secondary N) is 1. The van der Waals surface area contributed by atoms with Crippen molar-refractivity contribution in [3.8, 4) is 0 Å². The van der Waals surface area contributed by atoms with Crippen molar-refractivity contribution in [2.24, 2.45) is 0 Å².